The van der Waals surface area contributed by atoms with Gasteiger partial charge in [-0.15, -0.1) is 0 Å². The number of halogens is 4. The van der Waals surface area contributed by atoms with E-state index in [1.54, 1.807) is 36.4 Å². The normalized spacial score (nSPS) is 12.7. The largest absolute Gasteiger partial charge is 0.490 e. The van der Waals surface area contributed by atoms with Crippen molar-refractivity contribution in [3.63, 3.8) is 0 Å². The molecule has 0 aliphatic rings. The summed E-state index contributed by atoms with van der Waals surface area (Å²) in [6, 6.07) is 14.4. The second-order valence-electron chi connectivity index (χ2n) is 8.49. The van der Waals surface area contributed by atoms with Crippen LogP contribution in [-0.2, 0) is 6.18 Å². The lowest BCUT2D eigenvalue weighted by Gasteiger charge is -2.18. The first-order chi connectivity index (χ1) is 18.1. The van der Waals surface area contributed by atoms with Gasteiger partial charge < -0.3 is 9.47 Å². The Morgan fingerprint density at radius 2 is 1.87 bits per heavy atom. The van der Waals surface area contributed by atoms with Crippen molar-refractivity contribution in [1.82, 2.24) is 9.66 Å². The predicted molar refractivity (Wildman–Crippen MR) is 142 cm³/mol. The minimum Gasteiger partial charge on any atom is -0.490 e. The third-order valence-electron chi connectivity index (χ3n) is 5.75. The molecule has 10 heteroatoms. The molecule has 0 spiro atoms. The number of benzene rings is 3. The van der Waals surface area contributed by atoms with E-state index in [0.29, 0.717) is 34.2 Å². The van der Waals surface area contributed by atoms with Crippen LogP contribution in [0.5, 0.6) is 11.5 Å². The number of nitrogens with zero attached hydrogens (tertiary/aromatic N) is 3. The van der Waals surface area contributed by atoms with Gasteiger partial charge in [-0.25, -0.2) is 4.98 Å². The van der Waals surface area contributed by atoms with Crippen molar-refractivity contribution in [2.75, 3.05) is 6.61 Å². The topological polar surface area (TPSA) is 65.7 Å². The molecule has 1 atom stereocenters. The highest BCUT2D eigenvalue weighted by atomic mass is 35.5. The number of ether oxygens (including phenoxy) is 2. The summed E-state index contributed by atoms with van der Waals surface area (Å²) in [5, 5.41) is 4.88. The van der Waals surface area contributed by atoms with Crippen molar-refractivity contribution >= 4 is 28.7 Å². The van der Waals surface area contributed by atoms with E-state index in [-0.39, 0.29) is 22.9 Å². The number of alkyl halides is 3. The van der Waals surface area contributed by atoms with Gasteiger partial charge >= 0.3 is 6.18 Å². The first-order valence-corrected chi connectivity index (χ1v) is 12.4. The first-order valence-electron chi connectivity index (χ1n) is 12.0. The van der Waals surface area contributed by atoms with Crippen molar-refractivity contribution < 1.29 is 22.6 Å². The number of rotatable bonds is 8. The molecular weight excluding hydrogens is 519 g/mol. The van der Waals surface area contributed by atoms with E-state index in [0.717, 1.165) is 23.2 Å². The van der Waals surface area contributed by atoms with Crippen LogP contribution >= 0.6 is 11.6 Å². The van der Waals surface area contributed by atoms with Crippen LogP contribution in [0.25, 0.3) is 22.3 Å². The van der Waals surface area contributed by atoms with Gasteiger partial charge in [0.05, 0.1) is 40.4 Å². The molecular formula is C28H25ClF3N3O3. The fourth-order valence-corrected chi connectivity index (χ4v) is 3.96. The maximum absolute atomic E-state index is 13.4. The fraction of sp³-hybridized carbons (Fsp3) is 0.250. The van der Waals surface area contributed by atoms with Gasteiger partial charge in [0, 0.05) is 5.56 Å². The molecule has 1 aromatic heterocycles. The summed E-state index contributed by atoms with van der Waals surface area (Å²) in [7, 11) is 0. The summed E-state index contributed by atoms with van der Waals surface area (Å²) in [6.45, 7) is 6.08. The van der Waals surface area contributed by atoms with Gasteiger partial charge in [0.15, 0.2) is 17.3 Å². The Morgan fingerprint density at radius 3 is 2.58 bits per heavy atom. The van der Waals surface area contributed by atoms with Gasteiger partial charge in [-0.2, -0.15) is 22.9 Å². The van der Waals surface area contributed by atoms with E-state index in [1.165, 1.54) is 18.3 Å². The van der Waals surface area contributed by atoms with Crippen molar-refractivity contribution in [1.29, 1.82) is 0 Å². The Bertz CT molecular complexity index is 1550. The molecule has 0 saturated heterocycles. The highest BCUT2D eigenvalue weighted by molar-refractivity contribution is 6.32. The number of hydrogen-bond donors (Lipinski definition) is 0. The molecule has 6 nitrogen and oxygen atoms in total. The van der Waals surface area contributed by atoms with E-state index in [2.05, 4.69) is 10.1 Å². The Balaban J connectivity index is 1.86. The molecule has 1 heterocycles. The van der Waals surface area contributed by atoms with Gasteiger partial charge in [0.1, 0.15) is 0 Å². The third-order valence-corrected chi connectivity index (χ3v) is 6.03. The van der Waals surface area contributed by atoms with Crippen LogP contribution in [0.3, 0.4) is 0 Å². The van der Waals surface area contributed by atoms with Crippen molar-refractivity contribution in [2.24, 2.45) is 5.10 Å². The van der Waals surface area contributed by atoms with Crippen LogP contribution in [0, 0.1) is 0 Å². The first kappa shape index (κ1) is 27.2. The number of aromatic nitrogens is 2. The lowest BCUT2D eigenvalue weighted by atomic mass is 10.1. The summed E-state index contributed by atoms with van der Waals surface area (Å²) in [6.07, 6.45) is -2.52. The van der Waals surface area contributed by atoms with Crippen molar-refractivity contribution in [2.45, 2.75) is 39.5 Å². The summed E-state index contributed by atoms with van der Waals surface area (Å²) < 4.78 is 52.8. The SMILES string of the molecule is CCOc1cc(C=Nn2c(-c3cccc(C(F)(F)F)c3)nc3ccccc3c2=O)cc(Cl)c1O[C@@H](C)CC. The second kappa shape index (κ2) is 11.3. The average molecular weight is 544 g/mol. The number of hydrogen-bond acceptors (Lipinski definition) is 5. The van der Waals surface area contributed by atoms with Crippen LogP contribution in [0.4, 0.5) is 13.2 Å². The predicted octanol–water partition coefficient (Wildman–Crippen LogP) is 7.19. The van der Waals surface area contributed by atoms with Gasteiger partial charge in [-0.3, -0.25) is 4.79 Å². The standard InChI is InChI=1S/C28H25ClF3N3O3/c1-4-17(3)38-25-22(29)13-18(14-24(25)37-5-2)16-33-35-26(19-9-8-10-20(15-19)28(30,31)32)34-23-12-7-6-11-21(23)27(35)36/h6-17H,4-5H2,1-3H3/t17-/m0/s1. The molecule has 0 N–H and O–H groups in total. The zero-order chi connectivity index (χ0) is 27.4. The van der Waals surface area contributed by atoms with Crippen molar-refractivity contribution in [3.05, 3.63) is 87.2 Å². The Kier molecular flexibility index (Phi) is 8.06. The zero-order valence-corrected chi connectivity index (χ0v) is 21.7. The molecule has 0 fully saturated rings. The lowest BCUT2D eigenvalue weighted by Crippen LogP contribution is -2.20. The molecule has 0 saturated carbocycles. The maximum atomic E-state index is 13.4. The molecule has 0 radical (unpaired) electrons. The quantitative estimate of drug-likeness (QED) is 0.221. The minimum absolute atomic E-state index is 0.0381. The summed E-state index contributed by atoms with van der Waals surface area (Å²) in [5.41, 5.74) is -0.482. The van der Waals surface area contributed by atoms with Gasteiger partial charge in [-0.05, 0) is 62.2 Å². The van der Waals surface area contributed by atoms with Crippen LogP contribution in [0.2, 0.25) is 5.02 Å². The molecule has 198 valence electrons. The number of fused-ring (bicyclic) bond motifs is 1. The van der Waals surface area contributed by atoms with Crippen molar-refractivity contribution in [3.8, 4) is 22.9 Å². The van der Waals surface area contributed by atoms with Crippen LogP contribution in [-0.4, -0.2) is 28.6 Å². The molecule has 38 heavy (non-hydrogen) atoms. The van der Waals surface area contributed by atoms with E-state index in [1.807, 2.05) is 20.8 Å². The van der Waals surface area contributed by atoms with E-state index in [9.17, 15) is 18.0 Å². The number of para-hydroxylation sites is 1. The Morgan fingerprint density at radius 1 is 1.11 bits per heavy atom. The van der Waals surface area contributed by atoms with Crippen LogP contribution < -0.4 is 15.0 Å². The maximum Gasteiger partial charge on any atom is 0.416 e. The third kappa shape index (κ3) is 5.83. The van der Waals surface area contributed by atoms with Gasteiger partial charge in [0.2, 0.25) is 0 Å². The second-order valence-corrected chi connectivity index (χ2v) is 8.90. The van der Waals surface area contributed by atoms with E-state index in [4.69, 9.17) is 21.1 Å². The molecule has 0 amide bonds. The zero-order valence-electron chi connectivity index (χ0n) is 20.9. The highest BCUT2D eigenvalue weighted by Gasteiger charge is 2.31. The molecule has 0 aliphatic heterocycles. The fourth-order valence-electron chi connectivity index (χ4n) is 3.70. The van der Waals surface area contributed by atoms with E-state index < -0.39 is 17.3 Å². The molecule has 4 aromatic rings. The summed E-state index contributed by atoms with van der Waals surface area (Å²) >= 11 is 6.50. The molecule has 0 bridgehead atoms. The average Bonchev–Trinajstić information content (AvgIpc) is 2.89. The smallest absolute Gasteiger partial charge is 0.416 e. The van der Waals surface area contributed by atoms with E-state index >= 15 is 0 Å². The summed E-state index contributed by atoms with van der Waals surface area (Å²) in [5.74, 6) is 0.766. The molecule has 3 aromatic carbocycles. The molecule has 0 aliphatic carbocycles. The monoisotopic (exact) mass is 543 g/mol. The van der Waals surface area contributed by atoms with Crippen LogP contribution in [0.15, 0.2) is 70.6 Å². The summed E-state index contributed by atoms with van der Waals surface area (Å²) in [4.78, 5) is 17.9. The minimum atomic E-state index is -4.56. The lowest BCUT2D eigenvalue weighted by molar-refractivity contribution is -0.137. The van der Waals surface area contributed by atoms with Gasteiger partial charge in [0.25, 0.3) is 5.56 Å². The van der Waals surface area contributed by atoms with Crippen LogP contribution in [0.1, 0.15) is 38.3 Å². The Labute approximate surface area is 222 Å². The molecule has 4 rings (SSSR count). The highest BCUT2D eigenvalue weighted by Crippen LogP contribution is 2.37. The molecule has 0 unspecified atom stereocenters. The van der Waals surface area contributed by atoms with Gasteiger partial charge in [-0.1, -0.05) is 42.8 Å². The Hall–Kier alpha value is -3.85.